The van der Waals surface area contributed by atoms with Crippen LogP contribution in [-0.2, 0) is 6.61 Å². The summed E-state index contributed by atoms with van der Waals surface area (Å²) in [6.07, 6.45) is 9.65. The molecule has 176 valence electrons. The van der Waals surface area contributed by atoms with Crippen LogP contribution in [0.25, 0.3) is 22.3 Å². The molecular formula is C26H23FN6O2. The van der Waals surface area contributed by atoms with E-state index in [1.165, 1.54) is 12.1 Å². The van der Waals surface area contributed by atoms with Crippen LogP contribution in [0, 0.1) is 5.82 Å². The molecule has 0 saturated heterocycles. The third-order valence-corrected chi connectivity index (χ3v) is 5.58. The lowest BCUT2D eigenvalue weighted by Crippen LogP contribution is -2.24. The van der Waals surface area contributed by atoms with E-state index in [0.717, 1.165) is 30.7 Å². The summed E-state index contributed by atoms with van der Waals surface area (Å²) in [6, 6.07) is 11.1. The van der Waals surface area contributed by atoms with Crippen molar-refractivity contribution in [3.8, 4) is 17.1 Å². The van der Waals surface area contributed by atoms with Crippen LogP contribution in [0.4, 0.5) is 4.39 Å². The van der Waals surface area contributed by atoms with Crippen molar-refractivity contribution in [3.05, 3.63) is 84.3 Å². The smallest absolute Gasteiger partial charge is 0.251 e. The Labute approximate surface area is 201 Å². The van der Waals surface area contributed by atoms with Gasteiger partial charge in [-0.05, 0) is 55.3 Å². The molecule has 0 bridgehead atoms. The minimum absolute atomic E-state index is 0.178. The summed E-state index contributed by atoms with van der Waals surface area (Å²) in [5.41, 5.74) is 4.64. The summed E-state index contributed by atoms with van der Waals surface area (Å²) in [5.74, 6) is -0.221. The van der Waals surface area contributed by atoms with E-state index in [1.54, 1.807) is 42.9 Å². The number of carbonyl (C=O) groups excluding carboxylic acids is 1. The Kier molecular flexibility index (Phi) is 6.56. The molecule has 2 aromatic carbocycles. The number of imidazole rings is 1. The molecule has 2 aromatic heterocycles. The molecule has 0 unspecified atom stereocenters. The van der Waals surface area contributed by atoms with E-state index in [4.69, 9.17) is 9.72 Å². The van der Waals surface area contributed by atoms with Crippen LogP contribution in [0.15, 0.2) is 72.3 Å². The van der Waals surface area contributed by atoms with Gasteiger partial charge in [0.2, 0.25) is 5.88 Å². The molecular weight excluding hydrogens is 447 g/mol. The first-order valence-corrected chi connectivity index (χ1v) is 11.3. The number of aromatic amines is 1. The quantitative estimate of drug-likeness (QED) is 0.348. The zero-order chi connectivity index (χ0) is 24.0. The van der Waals surface area contributed by atoms with Crippen LogP contribution in [-0.4, -0.2) is 38.1 Å². The summed E-state index contributed by atoms with van der Waals surface area (Å²) in [4.78, 5) is 33.3. The Balaban J connectivity index is 1.37. The molecule has 35 heavy (non-hydrogen) atoms. The van der Waals surface area contributed by atoms with Gasteiger partial charge in [-0.2, -0.15) is 0 Å². The summed E-state index contributed by atoms with van der Waals surface area (Å²) in [5, 5.41) is 2.95. The zero-order valence-electron chi connectivity index (χ0n) is 18.9. The Morgan fingerprint density at radius 2 is 2.00 bits per heavy atom. The number of aromatic nitrogens is 4. The molecule has 1 amide bonds. The molecule has 1 aliphatic rings. The first-order valence-electron chi connectivity index (χ1n) is 11.3. The predicted octanol–water partition coefficient (Wildman–Crippen LogP) is 4.61. The van der Waals surface area contributed by atoms with E-state index >= 15 is 0 Å². The Hall–Kier alpha value is -4.40. The fourth-order valence-corrected chi connectivity index (χ4v) is 3.75. The van der Waals surface area contributed by atoms with E-state index in [1.807, 2.05) is 12.3 Å². The van der Waals surface area contributed by atoms with E-state index < -0.39 is 0 Å². The maximum Gasteiger partial charge on any atom is 0.251 e. The van der Waals surface area contributed by atoms with Gasteiger partial charge in [0.1, 0.15) is 18.1 Å². The van der Waals surface area contributed by atoms with E-state index in [-0.39, 0.29) is 18.3 Å². The van der Waals surface area contributed by atoms with E-state index in [2.05, 4.69) is 25.3 Å². The topological polar surface area (TPSA) is 105 Å². The number of rotatable bonds is 9. The first kappa shape index (κ1) is 22.4. The summed E-state index contributed by atoms with van der Waals surface area (Å²) in [7, 11) is 0. The molecule has 0 aliphatic carbocycles. The number of halogens is 1. The first-order chi connectivity index (χ1) is 17.2. The van der Waals surface area contributed by atoms with Crippen LogP contribution < -0.4 is 10.1 Å². The van der Waals surface area contributed by atoms with Crippen molar-refractivity contribution >= 4 is 22.7 Å². The van der Waals surface area contributed by atoms with Gasteiger partial charge in [-0.25, -0.2) is 19.3 Å². The van der Waals surface area contributed by atoms with Crippen molar-refractivity contribution in [2.75, 3.05) is 6.54 Å². The number of nitrogens with zero attached hydrogens (tertiary/aromatic N) is 4. The number of benzene rings is 2. The SMILES string of the molecule is O=C(NCCCC1=NC=CC1)c1ccc2nc(OCc3cnc[nH]3)c(-c3ccc(F)cc3)nc2c1. The molecule has 5 rings (SSSR count). The van der Waals surface area contributed by atoms with Gasteiger partial charge in [0, 0.05) is 36.0 Å². The maximum absolute atomic E-state index is 13.5. The number of nitrogens with one attached hydrogen (secondary N) is 2. The maximum atomic E-state index is 13.5. The summed E-state index contributed by atoms with van der Waals surface area (Å²) >= 11 is 0. The van der Waals surface area contributed by atoms with Gasteiger partial charge in [0.15, 0.2) is 0 Å². The number of H-pyrrole nitrogens is 1. The molecule has 0 atom stereocenters. The van der Waals surface area contributed by atoms with Crippen molar-refractivity contribution in [3.63, 3.8) is 0 Å². The average molecular weight is 471 g/mol. The van der Waals surface area contributed by atoms with Gasteiger partial charge in [-0.1, -0.05) is 6.08 Å². The van der Waals surface area contributed by atoms with Gasteiger partial charge in [-0.15, -0.1) is 0 Å². The fraction of sp³-hybridized carbons (Fsp3) is 0.192. The number of amides is 1. The highest BCUT2D eigenvalue weighted by molar-refractivity contribution is 5.97. The Morgan fingerprint density at radius 1 is 1.11 bits per heavy atom. The number of allylic oxidation sites excluding steroid dienone is 1. The van der Waals surface area contributed by atoms with Crippen LogP contribution >= 0.6 is 0 Å². The van der Waals surface area contributed by atoms with Crippen molar-refractivity contribution in [1.29, 1.82) is 0 Å². The number of hydrogen-bond donors (Lipinski definition) is 2. The van der Waals surface area contributed by atoms with E-state index in [9.17, 15) is 9.18 Å². The minimum atomic E-state index is -0.349. The number of ether oxygens (including phenoxy) is 1. The predicted molar refractivity (Wildman–Crippen MR) is 131 cm³/mol. The molecule has 0 spiro atoms. The number of carbonyl (C=O) groups is 1. The lowest BCUT2D eigenvalue weighted by molar-refractivity contribution is 0.0953. The number of hydrogen-bond acceptors (Lipinski definition) is 6. The largest absolute Gasteiger partial charge is 0.470 e. The second-order valence-electron chi connectivity index (χ2n) is 8.10. The van der Waals surface area contributed by atoms with Gasteiger partial charge in [0.25, 0.3) is 5.91 Å². The normalized spacial score (nSPS) is 12.7. The third kappa shape index (κ3) is 5.40. The molecule has 0 radical (unpaired) electrons. The fourth-order valence-electron chi connectivity index (χ4n) is 3.75. The lowest BCUT2D eigenvalue weighted by atomic mass is 10.1. The van der Waals surface area contributed by atoms with Crippen molar-refractivity contribution in [2.45, 2.75) is 25.9 Å². The number of aliphatic imine (C=N–C) groups is 1. The summed E-state index contributed by atoms with van der Waals surface area (Å²) < 4.78 is 19.4. The Bertz CT molecular complexity index is 1400. The monoisotopic (exact) mass is 470 g/mol. The second kappa shape index (κ2) is 10.3. The highest BCUT2D eigenvalue weighted by Crippen LogP contribution is 2.30. The minimum Gasteiger partial charge on any atom is -0.470 e. The standard InChI is InChI=1S/C26H23FN6O2/c27-19-8-5-17(6-9-19)24-26(35-15-21-14-28-16-31-21)33-22-10-7-18(13-23(22)32-24)25(34)30-12-2-4-20-3-1-11-29-20/h1,5-11,13-14,16H,2-4,12,15H2,(H,28,31)(H,30,34). The molecule has 4 aromatic rings. The van der Waals surface area contributed by atoms with Crippen molar-refractivity contribution < 1.29 is 13.9 Å². The molecule has 2 N–H and O–H groups in total. The molecule has 3 heterocycles. The van der Waals surface area contributed by atoms with Gasteiger partial charge >= 0.3 is 0 Å². The van der Waals surface area contributed by atoms with Crippen LogP contribution in [0.5, 0.6) is 5.88 Å². The van der Waals surface area contributed by atoms with Gasteiger partial charge < -0.3 is 15.0 Å². The average Bonchev–Trinajstić information content (AvgIpc) is 3.59. The zero-order valence-corrected chi connectivity index (χ0v) is 18.9. The van der Waals surface area contributed by atoms with Crippen molar-refractivity contribution in [1.82, 2.24) is 25.3 Å². The molecule has 0 saturated carbocycles. The summed E-state index contributed by atoms with van der Waals surface area (Å²) in [6.45, 7) is 0.778. The van der Waals surface area contributed by atoms with Crippen LogP contribution in [0.1, 0.15) is 35.3 Å². The lowest BCUT2D eigenvalue weighted by Gasteiger charge is -2.12. The molecule has 9 heteroatoms. The molecule has 8 nitrogen and oxygen atoms in total. The van der Waals surface area contributed by atoms with E-state index in [0.29, 0.717) is 40.3 Å². The van der Waals surface area contributed by atoms with Crippen LogP contribution in [0.2, 0.25) is 0 Å². The number of fused-ring (bicyclic) bond motifs is 1. The van der Waals surface area contributed by atoms with Gasteiger partial charge in [0.05, 0.1) is 29.3 Å². The third-order valence-electron chi connectivity index (χ3n) is 5.58. The van der Waals surface area contributed by atoms with Crippen molar-refractivity contribution in [2.24, 2.45) is 4.99 Å². The van der Waals surface area contributed by atoms with Gasteiger partial charge in [-0.3, -0.25) is 9.79 Å². The molecule has 0 fully saturated rings. The Morgan fingerprint density at radius 3 is 2.77 bits per heavy atom. The highest BCUT2D eigenvalue weighted by Gasteiger charge is 2.15. The highest BCUT2D eigenvalue weighted by atomic mass is 19.1. The second-order valence-corrected chi connectivity index (χ2v) is 8.10. The van der Waals surface area contributed by atoms with Crippen LogP contribution in [0.3, 0.4) is 0 Å². The molecule has 1 aliphatic heterocycles.